The van der Waals surface area contributed by atoms with Gasteiger partial charge in [0.05, 0.1) is 22.4 Å². The lowest BCUT2D eigenvalue weighted by Crippen LogP contribution is -2.18. The molecule has 0 fully saturated rings. The van der Waals surface area contributed by atoms with Crippen molar-refractivity contribution in [2.24, 2.45) is 0 Å². The number of carbonyl (C=O) groups is 1. The molecule has 33 heavy (non-hydrogen) atoms. The Kier molecular flexibility index (Phi) is 5.81. The maximum atomic E-state index is 15.1. The number of rotatable bonds is 7. The van der Waals surface area contributed by atoms with Gasteiger partial charge in [0.25, 0.3) is 0 Å². The molecule has 2 heterocycles. The summed E-state index contributed by atoms with van der Waals surface area (Å²) < 4.78 is 55.7. The number of nitrogen functional groups attached to an aromatic ring is 1. The number of fused-ring (bicyclic) bond motifs is 1. The topological polar surface area (TPSA) is 131 Å². The molecule has 0 aliphatic carbocycles. The van der Waals surface area contributed by atoms with Crippen LogP contribution >= 0.6 is 0 Å². The zero-order valence-corrected chi connectivity index (χ0v) is 18.2. The SMILES string of the molecule is CCCS(=O)(=O)Nc1ccc(F)c(C(=O)c2n[nH]c3ncc(-c4ccccc4N)cc23)c1F. The molecule has 2 aromatic carbocycles. The average Bonchev–Trinajstić information content (AvgIpc) is 3.19. The molecule has 0 amide bonds. The normalized spacial score (nSPS) is 11.6. The van der Waals surface area contributed by atoms with Gasteiger partial charge in [0.2, 0.25) is 15.8 Å². The molecule has 0 atom stereocenters. The Labute approximate surface area is 187 Å². The zero-order chi connectivity index (χ0) is 23.8. The lowest BCUT2D eigenvalue weighted by Gasteiger charge is -2.11. The van der Waals surface area contributed by atoms with E-state index in [1.165, 1.54) is 6.20 Å². The van der Waals surface area contributed by atoms with Crippen molar-refractivity contribution in [2.45, 2.75) is 13.3 Å². The molecule has 0 saturated heterocycles. The number of aromatic nitrogens is 3. The Balaban J connectivity index is 1.80. The van der Waals surface area contributed by atoms with Crippen molar-refractivity contribution < 1.29 is 22.0 Å². The second-order valence-electron chi connectivity index (χ2n) is 7.31. The van der Waals surface area contributed by atoms with Crippen LogP contribution in [0, 0.1) is 11.6 Å². The molecule has 11 heteroatoms. The molecule has 0 aliphatic rings. The van der Waals surface area contributed by atoms with Crippen LogP contribution in [0.25, 0.3) is 22.2 Å². The number of aromatic amines is 1. The van der Waals surface area contributed by atoms with Gasteiger partial charge in [-0.15, -0.1) is 0 Å². The van der Waals surface area contributed by atoms with Crippen molar-refractivity contribution in [3.63, 3.8) is 0 Å². The van der Waals surface area contributed by atoms with E-state index in [1.807, 2.05) is 0 Å². The molecule has 4 N–H and O–H groups in total. The highest BCUT2D eigenvalue weighted by molar-refractivity contribution is 7.92. The van der Waals surface area contributed by atoms with E-state index >= 15 is 4.39 Å². The first-order valence-electron chi connectivity index (χ1n) is 9.94. The number of nitrogens with one attached hydrogen (secondary N) is 2. The number of hydrogen-bond donors (Lipinski definition) is 3. The van der Waals surface area contributed by atoms with Gasteiger partial charge in [-0.05, 0) is 30.7 Å². The van der Waals surface area contributed by atoms with Gasteiger partial charge in [0.15, 0.2) is 11.5 Å². The second kappa shape index (κ2) is 8.58. The van der Waals surface area contributed by atoms with Crippen molar-refractivity contribution in [3.05, 3.63) is 71.6 Å². The minimum absolute atomic E-state index is 0.233. The zero-order valence-electron chi connectivity index (χ0n) is 17.4. The van der Waals surface area contributed by atoms with Crippen molar-refractivity contribution in [2.75, 3.05) is 16.2 Å². The van der Waals surface area contributed by atoms with Crippen LogP contribution in [0.4, 0.5) is 20.2 Å². The highest BCUT2D eigenvalue weighted by Gasteiger charge is 2.27. The van der Waals surface area contributed by atoms with Gasteiger partial charge >= 0.3 is 0 Å². The summed E-state index contributed by atoms with van der Waals surface area (Å²) in [6.07, 6.45) is 1.83. The van der Waals surface area contributed by atoms with Crippen LogP contribution in [0.3, 0.4) is 0 Å². The molecule has 4 rings (SSSR count). The molecule has 0 unspecified atom stereocenters. The average molecular weight is 471 g/mol. The molecule has 0 aliphatic heterocycles. The van der Waals surface area contributed by atoms with Crippen LogP contribution in [-0.2, 0) is 10.0 Å². The Morgan fingerprint density at radius 2 is 1.94 bits per heavy atom. The van der Waals surface area contributed by atoms with E-state index in [2.05, 4.69) is 19.9 Å². The van der Waals surface area contributed by atoms with Crippen molar-refractivity contribution in [1.29, 1.82) is 0 Å². The minimum Gasteiger partial charge on any atom is -0.398 e. The summed E-state index contributed by atoms with van der Waals surface area (Å²) in [6.45, 7) is 1.64. The van der Waals surface area contributed by atoms with Gasteiger partial charge in [-0.3, -0.25) is 14.6 Å². The number of benzene rings is 2. The molecule has 0 radical (unpaired) electrons. The summed E-state index contributed by atoms with van der Waals surface area (Å²) in [5.41, 5.74) is 6.27. The molecule has 2 aromatic heterocycles. The van der Waals surface area contributed by atoms with Gasteiger partial charge in [0.1, 0.15) is 11.5 Å². The van der Waals surface area contributed by atoms with Crippen LogP contribution in [0.15, 0.2) is 48.7 Å². The monoisotopic (exact) mass is 471 g/mol. The maximum Gasteiger partial charge on any atom is 0.232 e. The second-order valence-corrected chi connectivity index (χ2v) is 9.16. The molecule has 0 saturated carbocycles. The molecule has 4 aromatic rings. The standard InChI is InChI=1S/C22H19F2N5O3S/c1-2-9-33(31,32)29-17-8-7-15(23)18(19(17)24)21(30)20-14-10-12(11-26-22(14)28-27-20)13-5-3-4-6-16(13)25/h3-8,10-11,29H,2,9,25H2,1H3,(H,26,27,28). The van der Waals surface area contributed by atoms with Gasteiger partial charge in [-0.1, -0.05) is 25.1 Å². The van der Waals surface area contributed by atoms with Crippen molar-refractivity contribution >= 4 is 38.2 Å². The number of nitrogens with two attached hydrogens (primary N) is 1. The number of sulfonamides is 1. The van der Waals surface area contributed by atoms with Gasteiger partial charge in [-0.25, -0.2) is 22.2 Å². The van der Waals surface area contributed by atoms with E-state index in [1.54, 1.807) is 37.3 Å². The molecule has 8 nitrogen and oxygen atoms in total. The lowest BCUT2D eigenvalue weighted by molar-refractivity contribution is 0.102. The highest BCUT2D eigenvalue weighted by atomic mass is 32.2. The number of pyridine rings is 1. The summed E-state index contributed by atoms with van der Waals surface area (Å²) in [7, 11) is -3.86. The highest BCUT2D eigenvalue weighted by Crippen LogP contribution is 2.30. The van der Waals surface area contributed by atoms with Crippen molar-refractivity contribution in [1.82, 2.24) is 15.2 Å². The van der Waals surface area contributed by atoms with E-state index in [4.69, 9.17) is 5.73 Å². The maximum absolute atomic E-state index is 15.1. The van der Waals surface area contributed by atoms with Crippen LogP contribution in [0.5, 0.6) is 0 Å². The smallest absolute Gasteiger partial charge is 0.232 e. The third-order valence-corrected chi connectivity index (χ3v) is 6.44. The quantitative estimate of drug-likeness (QED) is 0.277. The Morgan fingerprint density at radius 3 is 2.67 bits per heavy atom. The molecule has 170 valence electrons. The predicted molar refractivity (Wildman–Crippen MR) is 121 cm³/mol. The number of carbonyl (C=O) groups excluding carboxylic acids is 1. The van der Waals surface area contributed by atoms with Gasteiger partial charge in [-0.2, -0.15) is 5.10 Å². The largest absolute Gasteiger partial charge is 0.398 e. The van der Waals surface area contributed by atoms with Crippen LogP contribution < -0.4 is 10.5 Å². The van der Waals surface area contributed by atoms with E-state index < -0.39 is 38.7 Å². The lowest BCUT2D eigenvalue weighted by atomic mass is 10.0. The Morgan fingerprint density at radius 1 is 1.18 bits per heavy atom. The van der Waals surface area contributed by atoms with Gasteiger partial charge in [0, 0.05) is 23.0 Å². The predicted octanol–water partition coefficient (Wildman–Crippen LogP) is 3.87. The molecular weight excluding hydrogens is 452 g/mol. The first-order chi connectivity index (χ1) is 15.7. The summed E-state index contributed by atoms with van der Waals surface area (Å²) in [6, 6.07) is 10.4. The van der Waals surface area contributed by atoms with Crippen molar-refractivity contribution in [3.8, 4) is 11.1 Å². The fraction of sp³-hybridized carbons (Fsp3) is 0.136. The van der Waals surface area contributed by atoms with E-state index in [0.29, 0.717) is 23.2 Å². The fourth-order valence-electron chi connectivity index (χ4n) is 3.43. The van der Waals surface area contributed by atoms with E-state index in [0.717, 1.165) is 12.1 Å². The Hall–Kier alpha value is -3.86. The summed E-state index contributed by atoms with van der Waals surface area (Å²) in [5.74, 6) is -3.79. The number of anilines is 2. The molecular formula is C22H19F2N5O3S. The van der Waals surface area contributed by atoms with Crippen LogP contribution in [0.2, 0.25) is 0 Å². The van der Waals surface area contributed by atoms with E-state index in [-0.39, 0.29) is 22.5 Å². The summed E-state index contributed by atoms with van der Waals surface area (Å²) in [4.78, 5) is 17.4. The van der Waals surface area contributed by atoms with Gasteiger partial charge < -0.3 is 5.73 Å². The number of H-pyrrole nitrogens is 1. The third-order valence-electron chi connectivity index (χ3n) is 4.96. The Bertz CT molecular complexity index is 1480. The molecule has 0 spiro atoms. The van der Waals surface area contributed by atoms with Crippen LogP contribution in [-0.4, -0.2) is 35.1 Å². The first-order valence-corrected chi connectivity index (χ1v) is 11.6. The number of nitrogens with zero attached hydrogens (tertiary/aromatic N) is 2. The third kappa shape index (κ3) is 4.27. The number of para-hydroxylation sites is 1. The summed E-state index contributed by atoms with van der Waals surface area (Å²) >= 11 is 0. The fourth-order valence-corrected chi connectivity index (χ4v) is 4.56. The van der Waals surface area contributed by atoms with Crippen LogP contribution in [0.1, 0.15) is 29.4 Å². The van der Waals surface area contributed by atoms with E-state index in [9.17, 15) is 17.6 Å². The number of hydrogen-bond acceptors (Lipinski definition) is 6. The minimum atomic E-state index is -3.86. The number of halogens is 2. The number of ketones is 1. The molecule has 0 bridgehead atoms. The summed E-state index contributed by atoms with van der Waals surface area (Å²) in [5, 5.41) is 6.71. The first kappa shape index (κ1) is 22.3.